The van der Waals surface area contributed by atoms with Gasteiger partial charge in [-0.2, -0.15) is 16.7 Å². The van der Waals surface area contributed by atoms with Crippen molar-refractivity contribution in [3.05, 3.63) is 11.7 Å². The van der Waals surface area contributed by atoms with Crippen molar-refractivity contribution in [1.29, 1.82) is 0 Å². The number of nitrogens with zero attached hydrogens (tertiary/aromatic N) is 2. The summed E-state index contributed by atoms with van der Waals surface area (Å²) in [6, 6.07) is 0. The molecule has 2 rings (SSSR count). The molecule has 6 heteroatoms. The molecule has 0 aliphatic heterocycles. The molecular formula is C12H20N2O3S. The van der Waals surface area contributed by atoms with Crippen molar-refractivity contribution in [2.75, 3.05) is 12.4 Å². The third-order valence-electron chi connectivity index (χ3n) is 3.19. The summed E-state index contributed by atoms with van der Waals surface area (Å²) in [6.07, 6.45) is 5.45. The molecule has 1 aliphatic carbocycles. The first kappa shape index (κ1) is 13.8. The van der Waals surface area contributed by atoms with Crippen LogP contribution in [0, 0.1) is 0 Å². The van der Waals surface area contributed by atoms with Gasteiger partial charge in [0.15, 0.2) is 5.82 Å². The summed E-state index contributed by atoms with van der Waals surface area (Å²) in [7, 11) is 0. The van der Waals surface area contributed by atoms with Crippen molar-refractivity contribution in [3.8, 4) is 0 Å². The highest BCUT2D eigenvalue weighted by molar-refractivity contribution is 7.98. The van der Waals surface area contributed by atoms with E-state index in [2.05, 4.69) is 10.1 Å². The molecule has 0 spiro atoms. The molecular weight excluding hydrogens is 252 g/mol. The number of thioether (sulfide) groups is 1. The highest BCUT2D eigenvalue weighted by Crippen LogP contribution is 2.31. The van der Waals surface area contributed by atoms with Crippen molar-refractivity contribution in [1.82, 2.24) is 10.1 Å². The molecule has 1 heterocycles. The molecule has 1 fully saturated rings. The lowest BCUT2D eigenvalue weighted by atomic mass is 9.89. The summed E-state index contributed by atoms with van der Waals surface area (Å²) in [5.41, 5.74) is 0. The van der Waals surface area contributed by atoms with Gasteiger partial charge < -0.3 is 14.7 Å². The predicted molar refractivity (Wildman–Crippen MR) is 69.4 cm³/mol. The van der Waals surface area contributed by atoms with Crippen LogP contribution in [0.5, 0.6) is 0 Å². The highest BCUT2D eigenvalue weighted by atomic mass is 32.2. The molecule has 0 saturated heterocycles. The van der Waals surface area contributed by atoms with Crippen molar-refractivity contribution in [2.24, 2.45) is 0 Å². The lowest BCUT2D eigenvalue weighted by Crippen LogP contribution is -2.14. The van der Waals surface area contributed by atoms with Gasteiger partial charge in [-0.05, 0) is 12.8 Å². The van der Waals surface area contributed by atoms with E-state index < -0.39 is 6.10 Å². The van der Waals surface area contributed by atoms with Crippen molar-refractivity contribution in [3.63, 3.8) is 0 Å². The van der Waals surface area contributed by atoms with E-state index in [4.69, 9.17) is 9.63 Å². The molecule has 2 N–H and O–H groups in total. The number of rotatable bonds is 6. The SMILES string of the molecule is OC[C@@H](O)CSCc1noc(C2CCCCC2)n1. The van der Waals surface area contributed by atoms with Gasteiger partial charge in [0.25, 0.3) is 0 Å². The minimum atomic E-state index is -0.667. The van der Waals surface area contributed by atoms with Crippen molar-refractivity contribution >= 4 is 11.8 Å². The van der Waals surface area contributed by atoms with E-state index in [9.17, 15) is 5.11 Å². The minimum absolute atomic E-state index is 0.202. The fourth-order valence-corrected chi connectivity index (χ4v) is 2.98. The number of aliphatic hydroxyl groups excluding tert-OH is 2. The Hall–Kier alpha value is -0.590. The summed E-state index contributed by atoms with van der Waals surface area (Å²) >= 11 is 1.50. The zero-order chi connectivity index (χ0) is 12.8. The molecule has 0 aromatic carbocycles. The van der Waals surface area contributed by atoms with Gasteiger partial charge in [0.1, 0.15) is 0 Å². The zero-order valence-corrected chi connectivity index (χ0v) is 11.2. The summed E-state index contributed by atoms with van der Waals surface area (Å²) in [5.74, 6) is 3.00. The van der Waals surface area contributed by atoms with Gasteiger partial charge in [-0.3, -0.25) is 0 Å². The summed E-state index contributed by atoms with van der Waals surface area (Å²) in [6.45, 7) is -0.202. The zero-order valence-electron chi connectivity index (χ0n) is 10.4. The molecule has 1 atom stereocenters. The van der Waals surface area contributed by atoms with E-state index in [1.165, 1.54) is 31.0 Å². The first-order valence-electron chi connectivity index (χ1n) is 6.48. The molecule has 5 nitrogen and oxygen atoms in total. The largest absolute Gasteiger partial charge is 0.394 e. The molecule has 102 valence electrons. The quantitative estimate of drug-likeness (QED) is 0.820. The Labute approximate surface area is 111 Å². The third kappa shape index (κ3) is 3.96. The number of aromatic nitrogens is 2. The molecule has 0 bridgehead atoms. The summed E-state index contributed by atoms with van der Waals surface area (Å²) in [5, 5.41) is 21.9. The Balaban J connectivity index is 1.78. The van der Waals surface area contributed by atoms with Crippen LogP contribution < -0.4 is 0 Å². The standard InChI is InChI=1S/C12H20N2O3S/c15-6-10(16)7-18-8-11-13-12(17-14-11)9-4-2-1-3-5-9/h9-10,15-16H,1-8H2/t10-/m1/s1. The molecule has 1 aliphatic rings. The van der Waals surface area contributed by atoms with E-state index in [1.807, 2.05) is 0 Å². The smallest absolute Gasteiger partial charge is 0.229 e. The maximum Gasteiger partial charge on any atom is 0.229 e. The molecule has 1 aromatic rings. The van der Waals surface area contributed by atoms with Gasteiger partial charge in [-0.15, -0.1) is 0 Å². The average molecular weight is 272 g/mol. The number of hydrogen-bond acceptors (Lipinski definition) is 6. The highest BCUT2D eigenvalue weighted by Gasteiger charge is 2.21. The van der Waals surface area contributed by atoms with Crippen LogP contribution in [0.3, 0.4) is 0 Å². The molecule has 0 unspecified atom stereocenters. The van der Waals surface area contributed by atoms with Gasteiger partial charge in [0, 0.05) is 11.7 Å². The summed E-state index contributed by atoms with van der Waals surface area (Å²) in [4.78, 5) is 4.41. The van der Waals surface area contributed by atoms with Gasteiger partial charge in [-0.1, -0.05) is 24.4 Å². The lowest BCUT2D eigenvalue weighted by Gasteiger charge is -2.17. The van der Waals surface area contributed by atoms with E-state index in [0.717, 1.165) is 18.7 Å². The van der Waals surface area contributed by atoms with Crippen molar-refractivity contribution in [2.45, 2.75) is 49.9 Å². The van der Waals surface area contributed by atoms with Crippen LogP contribution >= 0.6 is 11.8 Å². The Morgan fingerprint density at radius 2 is 2.11 bits per heavy atom. The van der Waals surface area contributed by atoms with Crippen LogP contribution in [0.15, 0.2) is 4.52 Å². The van der Waals surface area contributed by atoms with Crippen LogP contribution in [-0.4, -0.2) is 38.8 Å². The van der Waals surface area contributed by atoms with Crippen LogP contribution in [0.2, 0.25) is 0 Å². The predicted octanol–water partition coefficient (Wildman–Crippen LogP) is 1.70. The normalized spacial score (nSPS) is 19.0. The van der Waals surface area contributed by atoms with E-state index in [-0.39, 0.29) is 6.61 Å². The maximum absolute atomic E-state index is 9.21. The van der Waals surface area contributed by atoms with Crippen LogP contribution in [0.4, 0.5) is 0 Å². The van der Waals surface area contributed by atoms with E-state index >= 15 is 0 Å². The fourth-order valence-electron chi connectivity index (χ4n) is 2.18. The molecule has 1 saturated carbocycles. The van der Waals surface area contributed by atoms with Gasteiger partial charge >= 0.3 is 0 Å². The molecule has 0 amide bonds. The molecule has 18 heavy (non-hydrogen) atoms. The van der Waals surface area contributed by atoms with Gasteiger partial charge in [0.05, 0.1) is 18.5 Å². The second-order valence-electron chi connectivity index (χ2n) is 4.74. The average Bonchev–Trinajstić information content (AvgIpc) is 2.88. The Morgan fingerprint density at radius 1 is 1.33 bits per heavy atom. The van der Waals surface area contributed by atoms with Crippen LogP contribution in [-0.2, 0) is 5.75 Å². The molecule has 1 aromatic heterocycles. The molecule has 0 radical (unpaired) electrons. The lowest BCUT2D eigenvalue weighted by molar-refractivity contribution is 0.113. The second-order valence-corrected chi connectivity index (χ2v) is 5.77. The van der Waals surface area contributed by atoms with Crippen LogP contribution in [0.1, 0.15) is 49.7 Å². The fraction of sp³-hybridized carbons (Fsp3) is 0.833. The van der Waals surface area contributed by atoms with Crippen LogP contribution in [0.25, 0.3) is 0 Å². The summed E-state index contributed by atoms with van der Waals surface area (Å²) < 4.78 is 5.30. The second kappa shape index (κ2) is 7.11. The minimum Gasteiger partial charge on any atom is -0.394 e. The number of hydrogen-bond donors (Lipinski definition) is 2. The van der Waals surface area contributed by atoms with E-state index in [1.54, 1.807) is 0 Å². The first-order valence-corrected chi connectivity index (χ1v) is 7.64. The number of aliphatic hydroxyl groups is 2. The van der Waals surface area contributed by atoms with Crippen molar-refractivity contribution < 1.29 is 14.7 Å². The first-order chi connectivity index (χ1) is 8.79. The Morgan fingerprint density at radius 3 is 2.83 bits per heavy atom. The monoisotopic (exact) mass is 272 g/mol. The third-order valence-corrected chi connectivity index (χ3v) is 4.27. The Bertz CT molecular complexity index is 353. The van der Waals surface area contributed by atoms with Gasteiger partial charge in [-0.25, -0.2) is 0 Å². The topological polar surface area (TPSA) is 79.4 Å². The Kier molecular flexibility index (Phi) is 5.46. The van der Waals surface area contributed by atoms with Gasteiger partial charge in [0.2, 0.25) is 5.89 Å². The van der Waals surface area contributed by atoms with E-state index in [0.29, 0.717) is 23.2 Å². The maximum atomic E-state index is 9.21.